The number of rotatable bonds is 0. The summed E-state index contributed by atoms with van der Waals surface area (Å²) in [5.41, 5.74) is 1.36. The highest BCUT2D eigenvalue weighted by Gasteiger charge is 1.74. The van der Waals surface area contributed by atoms with E-state index in [-0.39, 0.29) is 0 Å². The summed E-state index contributed by atoms with van der Waals surface area (Å²) in [6.45, 7) is 2.09. The van der Waals surface area contributed by atoms with Gasteiger partial charge in [0.25, 0.3) is 0 Å². The van der Waals surface area contributed by atoms with E-state index >= 15 is 0 Å². The van der Waals surface area contributed by atoms with Crippen LogP contribution in [-0.4, -0.2) is 12.2 Å². The van der Waals surface area contributed by atoms with Crippen LogP contribution in [0.5, 0.6) is 0 Å². The van der Waals surface area contributed by atoms with Crippen LogP contribution in [0, 0.1) is 17.7 Å². The molecule has 1 aromatic rings. The fraction of sp³-hybridized carbons (Fsp3) is 0.143. The van der Waals surface area contributed by atoms with Crippen molar-refractivity contribution in [3.63, 3.8) is 0 Å². The van der Waals surface area contributed by atoms with Gasteiger partial charge in [0.15, 0.2) is 0 Å². The second-order valence-electron chi connectivity index (χ2n) is 1.50. The van der Waals surface area contributed by atoms with Gasteiger partial charge in [0.05, 0.1) is 0 Å². The van der Waals surface area contributed by atoms with Crippen molar-refractivity contribution in [2.45, 2.75) is 6.92 Å². The number of isocyanates is 2. The molecule has 2 N–H and O–H groups in total. The third-order valence-electron chi connectivity index (χ3n) is 0.663. The summed E-state index contributed by atoms with van der Waals surface area (Å²) in [7, 11) is 0. The van der Waals surface area contributed by atoms with Gasteiger partial charge in [-0.25, -0.2) is 20.4 Å². The van der Waals surface area contributed by atoms with E-state index in [1.54, 1.807) is 11.3 Å². The van der Waals surface area contributed by atoms with Crippen LogP contribution >= 0.6 is 11.3 Å². The lowest BCUT2D eigenvalue weighted by molar-refractivity contribution is 0.562. The van der Waals surface area contributed by atoms with Gasteiger partial charge in [0.1, 0.15) is 0 Å². The van der Waals surface area contributed by atoms with E-state index in [1.165, 1.54) is 5.56 Å². The Morgan fingerprint density at radius 3 is 1.83 bits per heavy atom. The molecule has 0 aromatic carbocycles. The van der Waals surface area contributed by atoms with E-state index in [2.05, 4.69) is 23.8 Å². The number of carbonyl (C=O) groups excluding carboxylic acids is 2. The lowest BCUT2D eigenvalue weighted by Crippen LogP contribution is -1.47. The summed E-state index contributed by atoms with van der Waals surface area (Å²) in [5.74, 6) is 0. The maximum absolute atomic E-state index is 8.35. The molecule has 12 heavy (non-hydrogen) atoms. The first-order valence-electron chi connectivity index (χ1n) is 2.79. The van der Waals surface area contributed by atoms with Crippen LogP contribution in [0.2, 0.25) is 0 Å². The average molecular weight is 184 g/mol. The normalized spacial score (nSPS) is 5.75. The number of nitrogens with one attached hydrogen (secondary N) is 2. The minimum atomic E-state index is 0.750. The Morgan fingerprint density at radius 2 is 1.75 bits per heavy atom. The highest BCUT2D eigenvalue weighted by atomic mass is 32.1. The molecule has 1 aromatic heterocycles. The molecule has 0 fully saturated rings. The third-order valence-corrected chi connectivity index (χ3v) is 1.46. The van der Waals surface area contributed by atoms with E-state index in [0.717, 1.165) is 12.2 Å². The maximum atomic E-state index is 8.35. The van der Waals surface area contributed by atoms with Crippen LogP contribution in [0.1, 0.15) is 5.56 Å². The molecular formula is C7H8N2O2S. The van der Waals surface area contributed by atoms with E-state index in [1.807, 2.05) is 0 Å². The Morgan fingerprint density at radius 1 is 1.33 bits per heavy atom. The molecule has 0 unspecified atom stereocenters. The molecule has 1 heterocycles. The molecule has 0 saturated heterocycles. The van der Waals surface area contributed by atoms with Crippen molar-refractivity contribution in [2.24, 2.45) is 0 Å². The van der Waals surface area contributed by atoms with Gasteiger partial charge in [-0.2, -0.15) is 11.3 Å². The smallest absolute Gasteiger partial charge is 0.222 e. The highest BCUT2D eigenvalue weighted by molar-refractivity contribution is 7.07. The maximum Gasteiger partial charge on any atom is 0.231 e. The summed E-state index contributed by atoms with van der Waals surface area (Å²) in [4.78, 5) is 16.7. The van der Waals surface area contributed by atoms with Crippen molar-refractivity contribution < 1.29 is 9.59 Å². The quantitative estimate of drug-likeness (QED) is 0.476. The lowest BCUT2D eigenvalue weighted by Gasteiger charge is -1.65. The van der Waals surface area contributed by atoms with Gasteiger partial charge in [-0.3, -0.25) is 0 Å². The molecule has 64 valence electrons. The topological polar surface area (TPSA) is 81.8 Å². The Hall–Kier alpha value is -1.54. The van der Waals surface area contributed by atoms with E-state index in [4.69, 9.17) is 20.4 Å². The van der Waals surface area contributed by atoms with Crippen molar-refractivity contribution in [3.05, 3.63) is 22.4 Å². The van der Waals surface area contributed by atoms with Gasteiger partial charge >= 0.3 is 0 Å². The summed E-state index contributed by atoms with van der Waals surface area (Å²) in [6.07, 6.45) is 1.50. The van der Waals surface area contributed by atoms with Crippen LogP contribution < -0.4 is 0 Å². The Bertz CT molecular complexity index is 232. The highest BCUT2D eigenvalue weighted by Crippen LogP contribution is 2.01. The Balaban J connectivity index is 0. The summed E-state index contributed by atoms with van der Waals surface area (Å²) in [6, 6.07) is 2.10. The van der Waals surface area contributed by atoms with Gasteiger partial charge < -0.3 is 0 Å². The molecule has 1 rings (SSSR count). The first kappa shape index (κ1) is 13.1. The van der Waals surface area contributed by atoms with Crippen molar-refractivity contribution in [3.8, 4) is 0 Å². The molecule has 0 bridgehead atoms. The van der Waals surface area contributed by atoms with Crippen molar-refractivity contribution >= 4 is 23.5 Å². The zero-order chi connectivity index (χ0) is 9.82. The average Bonchev–Trinajstić information content (AvgIpc) is 2.43. The van der Waals surface area contributed by atoms with Crippen LogP contribution in [0.3, 0.4) is 0 Å². The Kier molecular flexibility index (Phi) is 13.3. The predicted molar refractivity (Wildman–Crippen MR) is 45.9 cm³/mol. The molecule has 0 atom stereocenters. The molecule has 5 heteroatoms. The number of aryl methyl sites for hydroxylation is 1. The number of hydrogen-bond acceptors (Lipinski definition) is 5. The third kappa shape index (κ3) is 15.8. The second-order valence-corrected chi connectivity index (χ2v) is 2.28. The van der Waals surface area contributed by atoms with Crippen LogP contribution in [0.25, 0.3) is 0 Å². The largest absolute Gasteiger partial charge is 0.231 e. The molecule has 4 nitrogen and oxygen atoms in total. The fourth-order valence-corrected chi connectivity index (χ4v) is 0.998. The summed E-state index contributed by atoms with van der Waals surface area (Å²) >= 11 is 1.74. The zero-order valence-corrected chi connectivity index (χ0v) is 7.27. The molecule has 0 saturated carbocycles. The predicted octanol–water partition coefficient (Wildman–Crippen LogP) is 1.86. The molecule has 0 amide bonds. The number of thiophene rings is 1. The fourth-order valence-electron chi connectivity index (χ4n) is 0.333. The van der Waals surface area contributed by atoms with Gasteiger partial charge in [-0.15, -0.1) is 0 Å². The summed E-state index contributed by atoms with van der Waals surface area (Å²) in [5, 5.41) is 15.0. The first-order chi connectivity index (χ1) is 5.72. The van der Waals surface area contributed by atoms with Crippen LogP contribution in [-0.2, 0) is 9.59 Å². The molecule has 0 radical (unpaired) electrons. The molecule has 0 aliphatic rings. The second kappa shape index (κ2) is 12.2. The van der Waals surface area contributed by atoms with Crippen molar-refractivity contribution in [2.75, 3.05) is 0 Å². The first-order valence-corrected chi connectivity index (χ1v) is 3.73. The molecular weight excluding hydrogens is 176 g/mol. The standard InChI is InChI=1S/C5H6S.2CHNO/c1-5-2-3-6-4-5;2*2-1-3/h2-4H,1H3;2*2H. The Labute approximate surface area is 73.9 Å². The summed E-state index contributed by atoms with van der Waals surface area (Å²) < 4.78 is 0. The zero-order valence-electron chi connectivity index (χ0n) is 6.46. The van der Waals surface area contributed by atoms with E-state index < -0.39 is 0 Å². The minimum absolute atomic E-state index is 0.750. The van der Waals surface area contributed by atoms with E-state index in [9.17, 15) is 0 Å². The van der Waals surface area contributed by atoms with Gasteiger partial charge in [-0.1, -0.05) is 0 Å². The monoisotopic (exact) mass is 184 g/mol. The molecule has 0 spiro atoms. The van der Waals surface area contributed by atoms with Gasteiger partial charge in [-0.05, 0) is 29.3 Å². The minimum Gasteiger partial charge on any atom is -0.222 e. The van der Waals surface area contributed by atoms with Crippen LogP contribution in [0.15, 0.2) is 16.8 Å². The lowest BCUT2D eigenvalue weighted by atomic mass is 10.4. The number of hydrogen-bond donors (Lipinski definition) is 2. The molecule has 0 aliphatic heterocycles. The van der Waals surface area contributed by atoms with E-state index in [0.29, 0.717) is 0 Å². The SMILES string of the molecule is Cc1ccsc1.N=C=O.N=C=O. The van der Waals surface area contributed by atoms with Crippen molar-refractivity contribution in [1.29, 1.82) is 10.8 Å². The van der Waals surface area contributed by atoms with Crippen LogP contribution in [0.4, 0.5) is 0 Å². The molecule has 0 aliphatic carbocycles. The van der Waals surface area contributed by atoms with Gasteiger partial charge in [0.2, 0.25) is 12.2 Å². The van der Waals surface area contributed by atoms with Gasteiger partial charge in [0, 0.05) is 0 Å². The van der Waals surface area contributed by atoms with Crippen molar-refractivity contribution in [1.82, 2.24) is 0 Å².